The third kappa shape index (κ3) is 4.29. The minimum Gasteiger partial charge on any atom is -0.306 e. The van der Waals surface area contributed by atoms with E-state index in [2.05, 4.69) is 0 Å². The SMILES string of the molecule is CC(C)(C=O)CS(=O)O. The fourth-order valence-corrected chi connectivity index (χ4v) is 1.06. The molecule has 4 heteroatoms. The van der Waals surface area contributed by atoms with Gasteiger partial charge in [-0.2, -0.15) is 0 Å². The number of rotatable bonds is 3. The minimum atomic E-state index is -1.87. The molecule has 1 unspecified atom stereocenters. The molecule has 0 saturated heterocycles. The number of aldehydes is 1. The zero-order chi connectivity index (χ0) is 7.49. The van der Waals surface area contributed by atoms with Gasteiger partial charge in [0.1, 0.15) is 6.29 Å². The minimum absolute atomic E-state index is 0.0104. The lowest BCUT2D eigenvalue weighted by Gasteiger charge is -2.11. The molecule has 0 aromatic heterocycles. The summed E-state index contributed by atoms with van der Waals surface area (Å²) in [4.78, 5) is 10.1. The van der Waals surface area contributed by atoms with Crippen LogP contribution in [0.2, 0.25) is 0 Å². The highest BCUT2D eigenvalue weighted by molar-refractivity contribution is 7.79. The highest BCUT2D eigenvalue weighted by Crippen LogP contribution is 2.10. The molecule has 0 aliphatic heterocycles. The molecular weight excluding hydrogens is 140 g/mol. The van der Waals surface area contributed by atoms with Gasteiger partial charge in [0.15, 0.2) is 11.1 Å². The van der Waals surface area contributed by atoms with Crippen LogP contribution >= 0.6 is 0 Å². The quantitative estimate of drug-likeness (QED) is 0.469. The summed E-state index contributed by atoms with van der Waals surface area (Å²) < 4.78 is 18.5. The van der Waals surface area contributed by atoms with Crippen molar-refractivity contribution in [1.29, 1.82) is 0 Å². The largest absolute Gasteiger partial charge is 0.306 e. The lowest BCUT2D eigenvalue weighted by Crippen LogP contribution is -2.21. The highest BCUT2D eigenvalue weighted by Gasteiger charge is 2.18. The van der Waals surface area contributed by atoms with Gasteiger partial charge in [0.05, 0.1) is 5.75 Å². The first-order valence-corrected chi connectivity index (χ1v) is 3.79. The van der Waals surface area contributed by atoms with Gasteiger partial charge in [-0.05, 0) is 0 Å². The first-order chi connectivity index (χ1) is 3.98. The molecule has 0 fully saturated rings. The van der Waals surface area contributed by atoms with Crippen molar-refractivity contribution in [3.63, 3.8) is 0 Å². The Bertz CT molecular complexity index is 130. The van der Waals surface area contributed by atoms with Crippen LogP contribution in [0.1, 0.15) is 13.8 Å². The Balaban J connectivity index is 3.86. The maximum absolute atomic E-state index is 10.1. The van der Waals surface area contributed by atoms with Crippen molar-refractivity contribution in [1.82, 2.24) is 0 Å². The molecule has 54 valence electrons. The van der Waals surface area contributed by atoms with E-state index in [0.717, 1.165) is 0 Å². The van der Waals surface area contributed by atoms with Gasteiger partial charge in [0, 0.05) is 5.41 Å². The molecule has 9 heavy (non-hydrogen) atoms. The van der Waals surface area contributed by atoms with Gasteiger partial charge in [-0.15, -0.1) is 0 Å². The van der Waals surface area contributed by atoms with Gasteiger partial charge in [0.25, 0.3) is 0 Å². The molecule has 0 spiro atoms. The van der Waals surface area contributed by atoms with Crippen LogP contribution in [0.25, 0.3) is 0 Å². The average molecular weight is 150 g/mol. The monoisotopic (exact) mass is 150 g/mol. The van der Waals surface area contributed by atoms with Crippen LogP contribution in [-0.4, -0.2) is 20.8 Å². The second-order valence-electron chi connectivity index (χ2n) is 2.57. The Morgan fingerprint density at radius 2 is 2.11 bits per heavy atom. The Hall–Kier alpha value is -0.220. The van der Waals surface area contributed by atoms with E-state index in [9.17, 15) is 9.00 Å². The zero-order valence-electron chi connectivity index (χ0n) is 5.46. The van der Waals surface area contributed by atoms with Gasteiger partial charge < -0.3 is 9.35 Å². The lowest BCUT2D eigenvalue weighted by atomic mass is 10.00. The van der Waals surface area contributed by atoms with Crippen molar-refractivity contribution in [3.05, 3.63) is 0 Å². The smallest absolute Gasteiger partial charge is 0.153 e. The van der Waals surface area contributed by atoms with Crippen LogP contribution in [-0.2, 0) is 15.9 Å². The third-order valence-electron chi connectivity index (χ3n) is 0.815. The first-order valence-electron chi connectivity index (χ1n) is 2.52. The van der Waals surface area contributed by atoms with Crippen LogP contribution in [0.5, 0.6) is 0 Å². The summed E-state index contributed by atoms with van der Waals surface area (Å²) >= 11 is -1.87. The topological polar surface area (TPSA) is 54.4 Å². The zero-order valence-corrected chi connectivity index (χ0v) is 6.27. The summed E-state index contributed by atoms with van der Waals surface area (Å²) in [6.45, 7) is 3.24. The van der Waals surface area contributed by atoms with Gasteiger partial charge in [-0.3, -0.25) is 0 Å². The summed E-state index contributed by atoms with van der Waals surface area (Å²) in [6.07, 6.45) is 0.682. The Kier molecular flexibility index (Phi) is 3.00. The number of carbonyl (C=O) groups excluding carboxylic acids is 1. The molecule has 1 atom stereocenters. The first kappa shape index (κ1) is 8.78. The van der Waals surface area contributed by atoms with Crippen molar-refractivity contribution in [2.45, 2.75) is 13.8 Å². The molecule has 0 rings (SSSR count). The molecule has 0 amide bonds. The maximum atomic E-state index is 10.1. The standard InChI is InChI=1S/C5H10O3S/c1-5(2,3-6)4-9(7)8/h3H,4H2,1-2H3,(H,7,8). The van der Waals surface area contributed by atoms with Gasteiger partial charge in [0.2, 0.25) is 0 Å². The Morgan fingerprint density at radius 3 is 2.22 bits per heavy atom. The average Bonchev–Trinajstić information content (AvgIpc) is 1.63. The molecular formula is C5H10O3S. The Morgan fingerprint density at radius 1 is 1.67 bits per heavy atom. The second kappa shape index (κ2) is 3.08. The summed E-state index contributed by atoms with van der Waals surface area (Å²) in [5.74, 6) is 0.0104. The molecule has 0 aromatic carbocycles. The van der Waals surface area contributed by atoms with E-state index in [-0.39, 0.29) is 5.75 Å². The Labute approximate surface area is 56.7 Å². The third-order valence-corrected chi connectivity index (χ3v) is 1.81. The number of hydrogen-bond donors (Lipinski definition) is 1. The molecule has 0 aliphatic carbocycles. The van der Waals surface area contributed by atoms with Crippen molar-refractivity contribution >= 4 is 17.4 Å². The van der Waals surface area contributed by atoms with Crippen molar-refractivity contribution in [2.24, 2.45) is 5.41 Å². The lowest BCUT2D eigenvalue weighted by molar-refractivity contribution is -0.113. The summed E-state index contributed by atoms with van der Waals surface area (Å²) in [7, 11) is 0. The molecule has 0 radical (unpaired) electrons. The van der Waals surface area contributed by atoms with Crippen LogP contribution in [0.4, 0.5) is 0 Å². The van der Waals surface area contributed by atoms with Crippen molar-refractivity contribution in [3.8, 4) is 0 Å². The number of hydrogen-bond acceptors (Lipinski definition) is 2. The second-order valence-corrected chi connectivity index (χ2v) is 3.50. The van der Waals surface area contributed by atoms with E-state index in [1.165, 1.54) is 0 Å². The molecule has 3 nitrogen and oxygen atoms in total. The molecule has 0 aromatic rings. The summed E-state index contributed by atoms with van der Waals surface area (Å²) in [5, 5.41) is 0. The van der Waals surface area contributed by atoms with Crippen molar-refractivity contribution in [2.75, 3.05) is 5.75 Å². The maximum Gasteiger partial charge on any atom is 0.153 e. The van der Waals surface area contributed by atoms with E-state index in [1.54, 1.807) is 13.8 Å². The van der Waals surface area contributed by atoms with Crippen LogP contribution in [0.15, 0.2) is 0 Å². The van der Waals surface area contributed by atoms with E-state index >= 15 is 0 Å². The van der Waals surface area contributed by atoms with Crippen LogP contribution < -0.4 is 0 Å². The van der Waals surface area contributed by atoms with Crippen LogP contribution in [0.3, 0.4) is 0 Å². The predicted octanol–water partition coefficient (Wildman–Crippen LogP) is 0.433. The predicted molar refractivity (Wildman–Crippen MR) is 35.5 cm³/mol. The molecule has 0 heterocycles. The highest BCUT2D eigenvalue weighted by atomic mass is 32.2. The fourth-order valence-electron chi connectivity index (χ4n) is 0.352. The van der Waals surface area contributed by atoms with Gasteiger partial charge in [-0.1, -0.05) is 13.8 Å². The normalized spacial score (nSPS) is 15.0. The van der Waals surface area contributed by atoms with Crippen LogP contribution in [0, 0.1) is 5.41 Å². The molecule has 0 aliphatic rings. The molecule has 0 bridgehead atoms. The van der Waals surface area contributed by atoms with E-state index in [0.29, 0.717) is 6.29 Å². The van der Waals surface area contributed by atoms with Crippen molar-refractivity contribution < 1.29 is 13.6 Å². The van der Waals surface area contributed by atoms with E-state index < -0.39 is 16.5 Å². The summed E-state index contributed by atoms with van der Waals surface area (Å²) in [6, 6.07) is 0. The van der Waals surface area contributed by atoms with E-state index in [4.69, 9.17) is 4.55 Å². The molecule has 0 saturated carbocycles. The summed E-state index contributed by atoms with van der Waals surface area (Å²) in [5.41, 5.74) is -0.667. The fraction of sp³-hybridized carbons (Fsp3) is 0.800. The molecule has 1 N–H and O–H groups in total. The number of carbonyl (C=O) groups is 1. The van der Waals surface area contributed by atoms with Gasteiger partial charge >= 0.3 is 0 Å². The van der Waals surface area contributed by atoms with Gasteiger partial charge in [-0.25, -0.2) is 4.21 Å². The van der Waals surface area contributed by atoms with E-state index in [1.807, 2.05) is 0 Å².